The van der Waals surface area contributed by atoms with Crippen molar-refractivity contribution in [2.45, 2.75) is 0 Å². The normalized spacial score (nSPS) is 9.40. The molecule has 1 N–H and O–H groups in total. The van der Waals surface area contributed by atoms with E-state index < -0.39 is 0 Å². The standard InChI is InChI=1S/C15H10ClN3O/c1-20-14-4-2-3-11(9-18)15(14)19-12-6-5-10(8-17)13(16)7-12/h2-7,19H,1H3. The Kier molecular flexibility index (Phi) is 4.10. The maximum absolute atomic E-state index is 9.14. The summed E-state index contributed by atoms with van der Waals surface area (Å²) >= 11 is 5.98. The summed E-state index contributed by atoms with van der Waals surface area (Å²) in [7, 11) is 1.54. The van der Waals surface area contributed by atoms with E-state index in [9.17, 15) is 0 Å². The van der Waals surface area contributed by atoms with E-state index >= 15 is 0 Å². The Hall–Kier alpha value is -2.69. The molecule has 2 rings (SSSR count). The number of ether oxygens (including phenoxy) is 1. The van der Waals surface area contributed by atoms with Crippen molar-refractivity contribution in [1.82, 2.24) is 0 Å². The van der Waals surface area contributed by atoms with Gasteiger partial charge < -0.3 is 10.1 Å². The highest BCUT2D eigenvalue weighted by Gasteiger charge is 2.10. The second-order valence-corrected chi connectivity index (χ2v) is 4.33. The van der Waals surface area contributed by atoms with Crippen molar-refractivity contribution in [3.8, 4) is 17.9 Å². The maximum Gasteiger partial charge on any atom is 0.143 e. The molecular weight excluding hydrogens is 274 g/mol. The first kappa shape index (κ1) is 13.7. The van der Waals surface area contributed by atoms with Crippen LogP contribution in [-0.2, 0) is 0 Å². The molecule has 0 spiro atoms. The van der Waals surface area contributed by atoms with Gasteiger partial charge in [-0.15, -0.1) is 0 Å². The molecule has 0 aliphatic carbocycles. The molecule has 0 bridgehead atoms. The van der Waals surface area contributed by atoms with Gasteiger partial charge in [-0.3, -0.25) is 0 Å². The molecule has 4 nitrogen and oxygen atoms in total. The van der Waals surface area contributed by atoms with Crippen LogP contribution in [-0.4, -0.2) is 7.11 Å². The van der Waals surface area contributed by atoms with Crippen LogP contribution in [0.15, 0.2) is 36.4 Å². The zero-order valence-electron chi connectivity index (χ0n) is 10.6. The fourth-order valence-corrected chi connectivity index (χ4v) is 1.97. The molecule has 20 heavy (non-hydrogen) atoms. The lowest BCUT2D eigenvalue weighted by Crippen LogP contribution is -1.97. The van der Waals surface area contributed by atoms with Gasteiger partial charge in [0.2, 0.25) is 0 Å². The van der Waals surface area contributed by atoms with Crippen molar-refractivity contribution in [2.75, 3.05) is 12.4 Å². The van der Waals surface area contributed by atoms with Crippen LogP contribution in [0.5, 0.6) is 5.75 Å². The molecule has 5 heteroatoms. The van der Waals surface area contributed by atoms with Gasteiger partial charge in [-0.05, 0) is 30.3 Å². The zero-order valence-corrected chi connectivity index (χ0v) is 11.4. The first-order chi connectivity index (χ1) is 9.69. The van der Waals surface area contributed by atoms with Crippen LogP contribution < -0.4 is 10.1 Å². The second-order valence-electron chi connectivity index (χ2n) is 3.93. The average Bonchev–Trinajstić information content (AvgIpc) is 2.47. The van der Waals surface area contributed by atoms with E-state index in [0.717, 1.165) is 0 Å². The molecule has 0 aliphatic rings. The second kappa shape index (κ2) is 5.97. The van der Waals surface area contributed by atoms with E-state index in [-0.39, 0.29) is 0 Å². The van der Waals surface area contributed by atoms with Gasteiger partial charge in [0.25, 0.3) is 0 Å². The third kappa shape index (κ3) is 2.66. The van der Waals surface area contributed by atoms with Crippen LogP contribution >= 0.6 is 11.6 Å². The van der Waals surface area contributed by atoms with Gasteiger partial charge in [0.1, 0.15) is 17.9 Å². The van der Waals surface area contributed by atoms with Crippen LogP contribution in [0.25, 0.3) is 0 Å². The molecule has 0 atom stereocenters. The van der Waals surface area contributed by atoms with E-state index in [1.54, 1.807) is 36.4 Å². The number of benzene rings is 2. The van der Waals surface area contributed by atoms with Gasteiger partial charge in [0, 0.05) is 5.69 Å². The molecule has 0 radical (unpaired) electrons. The number of hydrogen-bond donors (Lipinski definition) is 1. The minimum atomic E-state index is 0.353. The fraction of sp³-hybridized carbons (Fsp3) is 0.0667. The molecule has 0 amide bonds. The molecule has 0 unspecified atom stereocenters. The maximum atomic E-state index is 9.14. The number of halogens is 1. The zero-order chi connectivity index (χ0) is 14.5. The molecule has 2 aromatic rings. The van der Waals surface area contributed by atoms with Crippen LogP contribution in [0.3, 0.4) is 0 Å². The fourth-order valence-electron chi connectivity index (χ4n) is 1.75. The number of anilines is 2. The summed E-state index contributed by atoms with van der Waals surface area (Å²) in [5.74, 6) is 0.560. The largest absolute Gasteiger partial charge is 0.495 e. The Morgan fingerprint density at radius 3 is 2.45 bits per heavy atom. The van der Waals surface area contributed by atoms with Crippen molar-refractivity contribution in [3.63, 3.8) is 0 Å². The third-order valence-electron chi connectivity index (χ3n) is 2.73. The SMILES string of the molecule is COc1cccc(C#N)c1Nc1ccc(C#N)c(Cl)c1. The summed E-state index contributed by atoms with van der Waals surface area (Å²) < 4.78 is 5.24. The summed E-state index contributed by atoms with van der Waals surface area (Å²) in [5.41, 5.74) is 2.11. The summed E-state index contributed by atoms with van der Waals surface area (Å²) in [5, 5.41) is 21.4. The van der Waals surface area contributed by atoms with Crippen molar-refractivity contribution in [2.24, 2.45) is 0 Å². The first-order valence-electron chi connectivity index (χ1n) is 5.73. The number of para-hydroxylation sites is 1. The summed E-state index contributed by atoms with van der Waals surface area (Å²) in [4.78, 5) is 0. The topological polar surface area (TPSA) is 68.8 Å². The van der Waals surface area contributed by atoms with Crippen molar-refractivity contribution < 1.29 is 4.74 Å². The highest BCUT2D eigenvalue weighted by Crippen LogP contribution is 2.32. The van der Waals surface area contributed by atoms with Gasteiger partial charge in [-0.2, -0.15) is 10.5 Å². The average molecular weight is 284 g/mol. The predicted octanol–water partition coefficient (Wildman–Crippen LogP) is 3.84. The van der Waals surface area contributed by atoms with Crippen molar-refractivity contribution in [3.05, 3.63) is 52.5 Å². The Bertz CT molecular complexity index is 729. The Balaban J connectivity index is 2.43. The van der Waals surface area contributed by atoms with Crippen LogP contribution in [0, 0.1) is 22.7 Å². The van der Waals surface area contributed by atoms with Crippen LogP contribution in [0.1, 0.15) is 11.1 Å². The minimum absolute atomic E-state index is 0.353. The van der Waals surface area contributed by atoms with E-state index in [2.05, 4.69) is 11.4 Å². The molecule has 2 aromatic carbocycles. The van der Waals surface area contributed by atoms with E-state index in [4.69, 9.17) is 26.9 Å². The summed E-state index contributed by atoms with van der Waals surface area (Å²) in [6.07, 6.45) is 0. The molecule has 0 aliphatic heterocycles. The first-order valence-corrected chi connectivity index (χ1v) is 6.11. The summed E-state index contributed by atoms with van der Waals surface area (Å²) in [6.45, 7) is 0. The van der Waals surface area contributed by atoms with Crippen molar-refractivity contribution >= 4 is 23.0 Å². The molecule has 0 aromatic heterocycles. The summed E-state index contributed by atoms with van der Waals surface area (Å²) in [6, 6.07) is 14.3. The van der Waals surface area contributed by atoms with Crippen LogP contribution in [0.2, 0.25) is 5.02 Å². The quantitative estimate of drug-likeness (QED) is 0.929. The van der Waals surface area contributed by atoms with E-state index in [1.807, 2.05) is 6.07 Å². The molecule has 0 saturated carbocycles. The smallest absolute Gasteiger partial charge is 0.143 e. The lowest BCUT2D eigenvalue weighted by molar-refractivity contribution is 0.416. The van der Waals surface area contributed by atoms with Gasteiger partial charge >= 0.3 is 0 Å². The number of methoxy groups -OCH3 is 1. The number of nitriles is 2. The number of nitrogens with one attached hydrogen (secondary N) is 1. The molecule has 0 heterocycles. The van der Waals surface area contributed by atoms with Gasteiger partial charge in [-0.25, -0.2) is 0 Å². The van der Waals surface area contributed by atoms with Gasteiger partial charge in [0.15, 0.2) is 0 Å². The monoisotopic (exact) mass is 283 g/mol. The number of rotatable bonds is 3. The highest BCUT2D eigenvalue weighted by atomic mass is 35.5. The third-order valence-corrected chi connectivity index (χ3v) is 3.04. The van der Waals surface area contributed by atoms with E-state index in [1.165, 1.54) is 7.11 Å². The van der Waals surface area contributed by atoms with Crippen LogP contribution in [0.4, 0.5) is 11.4 Å². The molecule has 0 saturated heterocycles. The Morgan fingerprint density at radius 2 is 1.85 bits per heavy atom. The van der Waals surface area contributed by atoms with Crippen molar-refractivity contribution in [1.29, 1.82) is 10.5 Å². The molecule has 0 fully saturated rings. The van der Waals surface area contributed by atoms with E-state index in [0.29, 0.717) is 33.3 Å². The molecule has 98 valence electrons. The van der Waals surface area contributed by atoms with Gasteiger partial charge in [-0.1, -0.05) is 17.7 Å². The lowest BCUT2D eigenvalue weighted by Gasteiger charge is -2.13. The Labute approximate surface area is 121 Å². The Morgan fingerprint density at radius 1 is 1.10 bits per heavy atom. The lowest BCUT2D eigenvalue weighted by atomic mass is 10.1. The number of nitrogens with zero attached hydrogens (tertiary/aromatic N) is 2. The predicted molar refractivity (Wildman–Crippen MR) is 77.2 cm³/mol. The number of hydrogen-bond acceptors (Lipinski definition) is 4. The highest BCUT2D eigenvalue weighted by molar-refractivity contribution is 6.32. The minimum Gasteiger partial charge on any atom is -0.495 e. The molecular formula is C15H10ClN3O. The van der Waals surface area contributed by atoms with Gasteiger partial charge in [0.05, 0.1) is 28.9 Å².